The van der Waals surface area contributed by atoms with E-state index in [4.69, 9.17) is 18.9 Å². The molecule has 0 spiro atoms. The lowest BCUT2D eigenvalue weighted by atomic mass is 9.99. The number of esters is 2. The zero-order chi connectivity index (χ0) is 43.2. The molecular formula is C48H90O11. The second kappa shape index (κ2) is 39.1. The van der Waals surface area contributed by atoms with Gasteiger partial charge in [0.2, 0.25) is 0 Å². The maximum atomic E-state index is 12.7. The smallest absolute Gasteiger partial charge is 0.335 e. The van der Waals surface area contributed by atoms with Crippen LogP contribution in [0.25, 0.3) is 0 Å². The SMILES string of the molecule is CCCCCCCCCCCCCCCCCCCCCCCCC(=O)OCC(COC1OC(C(=O)O)C(O)C(O)C1O)OC(=O)CCCCCCCCCCCCC. The van der Waals surface area contributed by atoms with Gasteiger partial charge in [-0.05, 0) is 12.8 Å². The molecule has 0 saturated carbocycles. The molecule has 11 heteroatoms. The van der Waals surface area contributed by atoms with E-state index in [0.29, 0.717) is 12.8 Å². The van der Waals surface area contributed by atoms with Gasteiger partial charge in [-0.2, -0.15) is 0 Å². The second-order valence-electron chi connectivity index (χ2n) is 17.3. The fourth-order valence-electron chi connectivity index (χ4n) is 7.82. The number of hydrogen-bond acceptors (Lipinski definition) is 10. The van der Waals surface area contributed by atoms with E-state index in [9.17, 15) is 34.8 Å². The molecule has 348 valence electrons. The molecule has 0 bridgehead atoms. The number of ether oxygens (including phenoxy) is 4. The fourth-order valence-corrected chi connectivity index (χ4v) is 7.82. The zero-order valence-corrected chi connectivity index (χ0v) is 37.8. The maximum absolute atomic E-state index is 12.7. The quantitative estimate of drug-likeness (QED) is 0.0341. The van der Waals surface area contributed by atoms with Crippen LogP contribution in [-0.2, 0) is 33.3 Å². The first-order chi connectivity index (χ1) is 28.7. The minimum Gasteiger partial charge on any atom is -0.479 e. The average Bonchev–Trinajstić information content (AvgIpc) is 3.22. The summed E-state index contributed by atoms with van der Waals surface area (Å²) in [7, 11) is 0. The highest BCUT2D eigenvalue weighted by Crippen LogP contribution is 2.23. The molecule has 1 aliphatic rings. The first-order valence-corrected chi connectivity index (χ1v) is 24.6. The van der Waals surface area contributed by atoms with Crippen LogP contribution in [0.4, 0.5) is 0 Å². The van der Waals surface area contributed by atoms with Crippen molar-refractivity contribution in [1.82, 2.24) is 0 Å². The van der Waals surface area contributed by atoms with E-state index in [1.807, 2.05) is 0 Å². The summed E-state index contributed by atoms with van der Waals surface area (Å²) in [5.41, 5.74) is 0. The Labute approximate surface area is 359 Å². The minimum atomic E-state index is -1.86. The van der Waals surface area contributed by atoms with Crippen LogP contribution in [0.15, 0.2) is 0 Å². The van der Waals surface area contributed by atoms with E-state index in [1.54, 1.807) is 0 Å². The Morgan fingerprint density at radius 1 is 0.458 bits per heavy atom. The number of aliphatic hydroxyl groups is 3. The lowest BCUT2D eigenvalue weighted by Crippen LogP contribution is -2.60. The number of aliphatic hydroxyl groups excluding tert-OH is 3. The van der Waals surface area contributed by atoms with Gasteiger partial charge in [0.1, 0.15) is 24.9 Å². The average molecular weight is 843 g/mol. The summed E-state index contributed by atoms with van der Waals surface area (Å²) in [6, 6.07) is 0. The van der Waals surface area contributed by atoms with Crippen LogP contribution < -0.4 is 0 Å². The molecule has 4 N–H and O–H groups in total. The van der Waals surface area contributed by atoms with E-state index < -0.39 is 54.7 Å². The van der Waals surface area contributed by atoms with Crippen molar-refractivity contribution in [3.8, 4) is 0 Å². The molecule has 0 aromatic carbocycles. The highest BCUT2D eigenvalue weighted by molar-refractivity contribution is 5.73. The number of carboxylic acid groups (broad SMARTS) is 1. The summed E-state index contributed by atoms with van der Waals surface area (Å²) in [5, 5.41) is 39.8. The van der Waals surface area contributed by atoms with E-state index in [1.165, 1.54) is 161 Å². The molecule has 1 rings (SSSR count). The standard InChI is InChI=1S/C48H90O11/c1-3-5-7-9-11-13-15-16-17-18-19-20-21-22-23-24-25-27-28-30-32-34-36-41(49)56-38-40(39-57-48-45(53)43(51)44(52)46(59-48)47(54)55)58-42(50)37-35-33-31-29-26-14-12-10-8-6-4-2/h40,43-46,48,51-53H,3-39H2,1-2H3,(H,54,55). The molecule has 11 nitrogen and oxygen atoms in total. The van der Waals surface area contributed by atoms with Crippen LogP contribution in [0.2, 0.25) is 0 Å². The minimum absolute atomic E-state index is 0.190. The normalized spacial score (nSPS) is 19.8. The molecule has 6 unspecified atom stereocenters. The Balaban J connectivity index is 2.24. The van der Waals surface area contributed by atoms with Gasteiger partial charge in [0.25, 0.3) is 0 Å². The molecule has 1 heterocycles. The molecule has 1 saturated heterocycles. The van der Waals surface area contributed by atoms with Gasteiger partial charge in [-0.3, -0.25) is 9.59 Å². The third-order valence-corrected chi connectivity index (χ3v) is 11.7. The van der Waals surface area contributed by atoms with Gasteiger partial charge in [-0.15, -0.1) is 0 Å². The first-order valence-electron chi connectivity index (χ1n) is 24.6. The van der Waals surface area contributed by atoms with Crippen molar-refractivity contribution in [3.63, 3.8) is 0 Å². The van der Waals surface area contributed by atoms with Crippen molar-refractivity contribution in [1.29, 1.82) is 0 Å². The lowest BCUT2D eigenvalue weighted by molar-refractivity contribution is -0.298. The molecule has 0 amide bonds. The van der Waals surface area contributed by atoms with Crippen LogP contribution in [-0.4, -0.2) is 88.4 Å². The molecule has 0 radical (unpaired) electrons. The van der Waals surface area contributed by atoms with Crippen LogP contribution in [0.3, 0.4) is 0 Å². The van der Waals surface area contributed by atoms with Crippen LogP contribution >= 0.6 is 0 Å². The Morgan fingerprint density at radius 2 is 0.797 bits per heavy atom. The van der Waals surface area contributed by atoms with Gasteiger partial charge in [-0.25, -0.2) is 4.79 Å². The van der Waals surface area contributed by atoms with Gasteiger partial charge in [-0.1, -0.05) is 213 Å². The fraction of sp³-hybridized carbons (Fsp3) is 0.938. The van der Waals surface area contributed by atoms with Gasteiger partial charge in [0.05, 0.1) is 6.61 Å². The maximum Gasteiger partial charge on any atom is 0.335 e. The highest BCUT2D eigenvalue weighted by Gasteiger charge is 2.47. The summed E-state index contributed by atoms with van der Waals surface area (Å²) in [6.07, 6.45) is 31.7. The van der Waals surface area contributed by atoms with Crippen LogP contribution in [0, 0.1) is 0 Å². The Morgan fingerprint density at radius 3 is 1.15 bits per heavy atom. The third kappa shape index (κ3) is 30.8. The number of unbranched alkanes of at least 4 members (excludes halogenated alkanes) is 31. The van der Waals surface area contributed by atoms with Gasteiger partial charge < -0.3 is 39.4 Å². The predicted octanol–water partition coefficient (Wildman–Crippen LogP) is 11.0. The van der Waals surface area contributed by atoms with Crippen molar-refractivity contribution < 1.29 is 53.8 Å². The van der Waals surface area contributed by atoms with Crippen LogP contribution in [0.5, 0.6) is 0 Å². The van der Waals surface area contributed by atoms with Gasteiger partial charge in [0.15, 0.2) is 18.5 Å². The Kier molecular flexibility index (Phi) is 36.6. The van der Waals surface area contributed by atoms with Crippen molar-refractivity contribution in [3.05, 3.63) is 0 Å². The Hall–Kier alpha value is -1.79. The molecule has 0 aromatic rings. The van der Waals surface area contributed by atoms with Crippen molar-refractivity contribution in [2.24, 2.45) is 0 Å². The van der Waals surface area contributed by atoms with Crippen molar-refractivity contribution in [2.45, 2.75) is 275 Å². The summed E-state index contributed by atoms with van der Waals surface area (Å²) in [5.74, 6) is -2.42. The van der Waals surface area contributed by atoms with E-state index in [0.717, 1.165) is 38.5 Å². The number of aliphatic carboxylic acids is 1. The van der Waals surface area contributed by atoms with E-state index >= 15 is 0 Å². The largest absolute Gasteiger partial charge is 0.479 e. The van der Waals surface area contributed by atoms with Gasteiger partial charge >= 0.3 is 17.9 Å². The summed E-state index contributed by atoms with van der Waals surface area (Å²) >= 11 is 0. The first kappa shape index (κ1) is 55.2. The predicted molar refractivity (Wildman–Crippen MR) is 234 cm³/mol. The molecule has 1 aliphatic heterocycles. The topological polar surface area (TPSA) is 169 Å². The van der Waals surface area contributed by atoms with Crippen molar-refractivity contribution >= 4 is 17.9 Å². The third-order valence-electron chi connectivity index (χ3n) is 11.7. The van der Waals surface area contributed by atoms with Crippen LogP contribution in [0.1, 0.15) is 239 Å². The molecule has 1 fully saturated rings. The Bertz CT molecular complexity index is 994. The summed E-state index contributed by atoms with van der Waals surface area (Å²) < 4.78 is 21.8. The van der Waals surface area contributed by atoms with Crippen molar-refractivity contribution in [2.75, 3.05) is 13.2 Å². The molecule has 0 aliphatic carbocycles. The second-order valence-corrected chi connectivity index (χ2v) is 17.3. The molecule has 59 heavy (non-hydrogen) atoms. The number of carbonyl (C=O) groups is 3. The highest BCUT2D eigenvalue weighted by atomic mass is 16.7. The van der Waals surface area contributed by atoms with Gasteiger partial charge in [0, 0.05) is 12.8 Å². The van der Waals surface area contributed by atoms with E-state index in [2.05, 4.69) is 13.8 Å². The number of hydrogen-bond donors (Lipinski definition) is 4. The monoisotopic (exact) mass is 843 g/mol. The lowest BCUT2D eigenvalue weighted by Gasteiger charge is -2.38. The molecule has 6 atom stereocenters. The number of carbonyl (C=O) groups excluding carboxylic acids is 2. The number of carboxylic acids is 1. The summed E-state index contributed by atoms with van der Waals surface area (Å²) in [6.45, 7) is 3.84. The summed E-state index contributed by atoms with van der Waals surface area (Å²) in [4.78, 5) is 36.8. The number of rotatable bonds is 42. The van der Waals surface area contributed by atoms with E-state index in [-0.39, 0.29) is 26.1 Å². The molecule has 0 aromatic heterocycles. The molecular weight excluding hydrogens is 753 g/mol. The zero-order valence-electron chi connectivity index (χ0n) is 37.8.